The van der Waals surface area contributed by atoms with E-state index in [9.17, 15) is 9.59 Å². The van der Waals surface area contributed by atoms with Crippen molar-refractivity contribution in [1.29, 1.82) is 0 Å². The maximum Gasteiger partial charge on any atom is 0.327 e. The zero-order chi connectivity index (χ0) is 15.2. The molecule has 2 aromatic rings. The molecule has 1 atom stereocenters. The zero-order valence-corrected chi connectivity index (χ0v) is 11.6. The van der Waals surface area contributed by atoms with Gasteiger partial charge in [-0.1, -0.05) is 6.07 Å². The van der Waals surface area contributed by atoms with Gasteiger partial charge in [0, 0.05) is 6.42 Å². The third kappa shape index (κ3) is 3.87. The molecule has 1 unspecified atom stereocenters. The molecular formula is C12H11N5O3S. The van der Waals surface area contributed by atoms with Crippen LogP contribution in [0.4, 0.5) is 0 Å². The van der Waals surface area contributed by atoms with Gasteiger partial charge in [-0.25, -0.2) is 4.79 Å². The summed E-state index contributed by atoms with van der Waals surface area (Å²) in [6.07, 6.45) is 4.96. The molecular weight excluding hydrogens is 294 g/mol. The van der Waals surface area contributed by atoms with Crippen LogP contribution >= 0.6 is 11.3 Å². The average Bonchev–Trinajstić information content (AvgIpc) is 3.08. The molecule has 0 bridgehead atoms. The summed E-state index contributed by atoms with van der Waals surface area (Å²) in [7, 11) is 0. The summed E-state index contributed by atoms with van der Waals surface area (Å²) in [6, 6.07) is 2.56. The first-order valence-corrected chi connectivity index (χ1v) is 6.75. The molecule has 0 aliphatic rings. The van der Waals surface area contributed by atoms with E-state index in [0.29, 0.717) is 5.82 Å². The van der Waals surface area contributed by atoms with Crippen LogP contribution < -0.4 is 5.32 Å². The van der Waals surface area contributed by atoms with Gasteiger partial charge in [-0.2, -0.15) is 4.80 Å². The number of carboxylic acid groups (broad SMARTS) is 1. The third-order valence-corrected chi connectivity index (χ3v) is 3.30. The topological polar surface area (TPSA) is 110 Å². The number of nitrogens with zero attached hydrogens (tertiary/aromatic N) is 4. The van der Waals surface area contributed by atoms with Crippen molar-refractivity contribution in [2.24, 2.45) is 0 Å². The van der Waals surface area contributed by atoms with Crippen LogP contribution in [0.25, 0.3) is 10.7 Å². The minimum absolute atomic E-state index is 0.0910. The number of hydrogen-bond acceptors (Lipinski definition) is 6. The number of hydrogen-bond donors (Lipinski definition) is 2. The number of tetrazole rings is 1. The maximum absolute atomic E-state index is 11.7. The SMILES string of the molecule is C#CCC(NC(=O)Cn1nnc(-c2cccs2)n1)C(=O)O. The second-order valence-electron chi connectivity index (χ2n) is 3.99. The summed E-state index contributed by atoms with van der Waals surface area (Å²) in [4.78, 5) is 24.5. The van der Waals surface area contributed by atoms with Crippen molar-refractivity contribution in [2.75, 3.05) is 0 Å². The third-order valence-electron chi connectivity index (χ3n) is 2.43. The molecule has 0 spiro atoms. The Bertz CT molecular complexity index is 673. The molecule has 0 aliphatic heterocycles. The van der Waals surface area contributed by atoms with E-state index in [1.807, 2.05) is 17.5 Å². The van der Waals surface area contributed by atoms with Crippen molar-refractivity contribution in [2.45, 2.75) is 19.0 Å². The van der Waals surface area contributed by atoms with Crippen molar-refractivity contribution in [3.63, 3.8) is 0 Å². The van der Waals surface area contributed by atoms with Crippen molar-refractivity contribution >= 4 is 23.2 Å². The number of thiophene rings is 1. The second-order valence-corrected chi connectivity index (χ2v) is 4.94. The van der Waals surface area contributed by atoms with E-state index in [1.54, 1.807) is 0 Å². The Labute approximate surface area is 123 Å². The minimum atomic E-state index is -1.19. The maximum atomic E-state index is 11.7. The largest absolute Gasteiger partial charge is 0.480 e. The Balaban J connectivity index is 1.97. The Morgan fingerprint density at radius 3 is 3.00 bits per heavy atom. The molecule has 8 nitrogen and oxygen atoms in total. The number of aliphatic carboxylic acids is 1. The summed E-state index contributed by atoms with van der Waals surface area (Å²) in [5.74, 6) is 0.873. The molecule has 0 radical (unpaired) electrons. The van der Waals surface area contributed by atoms with Gasteiger partial charge >= 0.3 is 5.97 Å². The lowest BCUT2D eigenvalue weighted by Gasteiger charge is -2.10. The van der Waals surface area contributed by atoms with E-state index in [1.165, 1.54) is 11.3 Å². The summed E-state index contributed by atoms with van der Waals surface area (Å²) in [6.45, 7) is -0.229. The lowest BCUT2D eigenvalue weighted by Crippen LogP contribution is -2.42. The minimum Gasteiger partial charge on any atom is -0.480 e. The molecule has 21 heavy (non-hydrogen) atoms. The van der Waals surface area contributed by atoms with Crippen LogP contribution in [-0.4, -0.2) is 43.2 Å². The highest BCUT2D eigenvalue weighted by molar-refractivity contribution is 7.13. The van der Waals surface area contributed by atoms with E-state index < -0.39 is 17.9 Å². The highest BCUT2D eigenvalue weighted by atomic mass is 32.1. The van der Waals surface area contributed by atoms with Gasteiger partial charge in [0.05, 0.1) is 4.88 Å². The number of terminal acetylenes is 1. The van der Waals surface area contributed by atoms with Gasteiger partial charge in [0.1, 0.15) is 12.6 Å². The molecule has 108 valence electrons. The Morgan fingerprint density at radius 2 is 2.38 bits per heavy atom. The van der Waals surface area contributed by atoms with E-state index in [0.717, 1.165) is 9.67 Å². The van der Waals surface area contributed by atoms with Crippen LogP contribution in [0.15, 0.2) is 17.5 Å². The molecule has 0 fully saturated rings. The number of carboxylic acids is 1. The van der Waals surface area contributed by atoms with E-state index in [-0.39, 0.29) is 13.0 Å². The van der Waals surface area contributed by atoms with Gasteiger partial charge in [-0.3, -0.25) is 4.79 Å². The predicted octanol–water partition coefficient (Wildman–Crippen LogP) is -0.00570. The molecule has 2 N–H and O–H groups in total. The van der Waals surface area contributed by atoms with Crippen molar-refractivity contribution < 1.29 is 14.7 Å². The van der Waals surface area contributed by atoms with Gasteiger partial charge in [-0.05, 0) is 16.7 Å². The molecule has 0 saturated heterocycles. The molecule has 2 heterocycles. The van der Waals surface area contributed by atoms with Crippen LogP contribution in [0.3, 0.4) is 0 Å². The smallest absolute Gasteiger partial charge is 0.327 e. The highest BCUT2D eigenvalue weighted by Gasteiger charge is 2.19. The predicted molar refractivity (Wildman–Crippen MR) is 74.1 cm³/mol. The molecule has 9 heteroatoms. The molecule has 0 saturated carbocycles. The van der Waals surface area contributed by atoms with Gasteiger partial charge < -0.3 is 10.4 Å². The fourth-order valence-corrected chi connectivity index (χ4v) is 2.15. The van der Waals surface area contributed by atoms with Gasteiger partial charge in [0.15, 0.2) is 0 Å². The number of carbonyl (C=O) groups excluding carboxylic acids is 1. The summed E-state index contributed by atoms with van der Waals surface area (Å²) in [5, 5.41) is 24.7. The second kappa shape index (κ2) is 6.62. The first-order chi connectivity index (χ1) is 10.1. The number of carbonyl (C=O) groups is 2. The normalized spacial score (nSPS) is 11.6. The Hall–Kier alpha value is -2.73. The van der Waals surface area contributed by atoms with Gasteiger partial charge in [0.2, 0.25) is 11.7 Å². The lowest BCUT2D eigenvalue weighted by molar-refractivity contribution is -0.141. The van der Waals surface area contributed by atoms with E-state index in [4.69, 9.17) is 11.5 Å². The Kier molecular flexibility index (Phi) is 4.63. The number of aromatic nitrogens is 4. The van der Waals surface area contributed by atoms with Crippen molar-refractivity contribution in [3.8, 4) is 23.0 Å². The van der Waals surface area contributed by atoms with Crippen LogP contribution in [0.5, 0.6) is 0 Å². The number of rotatable bonds is 6. The van der Waals surface area contributed by atoms with Crippen LogP contribution in [0.2, 0.25) is 0 Å². The molecule has 2 rings (SSSR count). The number of nitrogens with one attached hydrogen (secondary N) is 1. The zero-order valence-electron chi connectivity index (χ0n) is 10.8. The fourth-order valence-electron chi connectivity index (χ4n) is 1.50. The number of amides is 1. The quantitative estimate of drug-likeness (QED) is 0.727. The average molecular weight is 305 g/mol. The monoisotopic (exact) mass is 305 g/mol. The first-order valence-electron chi connectivity index (χ1n) is 5.87. The van der Waals surface area contributed by atoms with Crippen LogP contribution in [-0.2, 0) is 16.1 Å². The molecule has 2 aromatic heterocycles. The molecule has 0 aromatic carbocycles. The van der Waals surface area contributed by atoms with Crippen LogP contribution in [0, 0.1) is 12.3 Å². The van der Waals surface area contributed by atoms with Gasteiger partial charge in [-0.15, -0.1) is 33.9 Å². The summed E-state index contributed by atoms with van der Waals surface area (Å²) >= 11 is 1.45. The molecule has 1 amide bonds. The van der Waals surface area contributed by atoms with Gasteiger partial charge in [0.25, 0.3) is 0 Å². The van der Waals surface area contributed by atoms with E-state index in [2.05, 4.69) is 26.6 Å². The lowest BCUT2D eigenvalue weighted by atomic mass is 10.2. The standard InChI is InChI=1S/C12H11N5O3S/c1-2-4-8(12(19)20)13-10(18)7-17-15-11(14-16-17)9-5-3-6-21-9/h1,3,5-6,8H,4,7H2,(H,13,18)(H,19,20). The summed E-state index contributed by atoms with van der Waals surface area (Å²) in [5.41, 5.74) is 0. The van der Waals surface area contributed by atoms with Crippen LogP contribution in [0.1, 0.15) is 6.42 Å². The van der Waals surface area contributed by atoms with Crippen molar-refractivity contribution in [3.05, 3.63) is 17.5 Å². The highest BCUT2D eigenvalue weighted by Crippen LogP contribution is 2.19. The molecule has 0 aliphatic carbocycles. The fraction of sp³-hybridized carbons (Fsp3) is 0.250. The Morgan fingerprint density at radius 1 is 1.57 bits per heavy atom. The summed E-state index contributed by atoms with van der Waals surface area (Å²) < 4.78 is 0. The van der Waals surface area contributed by atoms with E-state index >= 15 is 0 Å². The first kappa shape index (κ1) is 14.7. The van der Waals surface area contributed by atoms with Crippen molar-refractivity contribution in [1.82, 2.24) is 25.5 Å².